The van der Waals surface area contributed by atoms with Crippen molar-refractivity contribution in [1.82, 2.24) is 5.32 Å². The smallest absolute Gasteiger partial charge is 0.320 e. The average Bonchev–Trinajstić information content (AvgIpc) is 2.76. The lowest BCUT2D eigenvalue weighted by molar-refractivity contribution is -0.154. The lowest BCUT2D eigenvalue weighted by Gasteiger charge is -2.26. The highest BCUT2D eigenvalue weighted by Crippen LogP contribution is 2.21. The molecule has 0 saturated carbocycles. The maximum Gasteiger partial charge on any atom is 0.320 e. The molecule has 0 fully saturated rings. The predicted octanol–water partition coefficient (Wildman–Crippen LogP) is 2.09. The molecule has 1 N–H and O–H groups in total. The zero-order valence-electron chi connectivity index (χ0n) is 21.5. The van der Waals surface area contributed by atoms with Gasteiger partial charge in [-0.2, -0.15) is 8.42 Å². The summed E-state index contributed by atoms with van der Waals surface area (Å²) >= 11 is 0. The van der Waals surface area contributed by atoms with E-state index in [-0.39, 0.29) is 37.9 Å². The van der Waals surface area contributed by atoms with Gasteiger partial charge in [0.1, 0.15) is 5.60 Å². The van der Waals surface area contributed by atoms with Crippen LogP contribution in [0.2, 0.25) is 0 Å². The van der Waals surface area contributed by atoms with Crippen LogP contribution in [0.15, 0.2) is 30.3 Å². The number of ether oxygens (including phenoxy) is 5. The summed E-state index contributed by atoms with van der Waals surface area (Å²) < 4.78 is 53.8. The zero-order valence-corrected chi connectivity index (χ0v) is 22.3. The number of hydrogen-bond donors (Lipinski definition) is 1. The average molecular weight is 520 g/mol. The molecule has 0 spiro atoms. The van der Waals surface area contributed by atoms with Crippen LogP contribution in [-0.2, 0) is 42.8 Å². The van der Waals surface area contributed by atoms with Crippen molar-refractivity contribution in [2.45, 2.75) is 45.4 Å². The Hall–Kier alpha value is -1.60. The quantitative estimate of drug-likeness (QED) is 0.165. The first-order valence-corrected chi connectivity index (χ1v) is 13.5. The zero-order chi connectivity index (χ0) is 26.2. The third kappa shape index (κ3) is 17.5. The molecule has 0 heterocycles. The molecule has 0 aliphatic rings. The molecule has 0 saturated heterocycles. The van der Waals surface area contributed by atoms with Gasteiger partial charge in [0.15, 0.2) is 0 Å². The van der Waals surface area contributed by atoms with Gasteiger partial charge in [-0.05, 0) is 33.3 Å². The van der Waals surface area contributed by atoms with Crippen LogP contribution in [-0.4, -0.2) is 91.7 Å². The molecule has 0 radical (unpaired) electrons. The predicted molar refractivity (Wildman–Crippen MR) is 132 cm³/mol. The van der Waals surface area contributed by atoms with E-state index in [1.54, 1.807) is 0 Å². The van der Waals surface area contributed by atoms with Crippen LogP contribution in [0.3, 0.4) is 0 Å². The lowest BCUT2D eigenvalue weighted by Crippen LogP contribution is -2.39. The van der Waals surface area contributed by atoms with E-state index in [0.717, 1.165) is 11.8 Å². The van der Waals surface area contributed by atoms with E-state index in [9.17, 15) is 13.2 Å². The summed E-state index contributed by atoms with van der Waals surface area (Å²) in [5, 5.41) is 3.19. The minimum atomic E-state index is -3.44. The largest absolute Gasteiger partial charge is 0.459 e. The molecule has 0 aromatic heterocycles. The number of carbonyl (C=O) groups excluding carboxylic acids is 1. The van der Waals surface area contributed by atoms with Gasteiger partial charge >= 0.3 is 5.97 Å². The second kappa shape index (κ2) is 17.0. The Balaban J connectivity index is 2.23. The summed E-state index contributed by atoms with van der Waals surface area (Å²) in [6.45, 7) is 10.0. The second-order valence-electron chi connectivity index (χ2n) is 8.82. The summed E-state index contributed by atoms with van der Waals surface area (Å²) in [6, 6.07) is 9.68. The summed E-state index contributed by atoms with van der Waals surface area (Å²) in [6.07, 6.45) is 0.731. The van der Waals surface area contributed by atoms with E-state index >= 15 is 0 Å². The Morgan fingerprint density at radius 1 is 0.886 bits per heavy atom. The molecule has 1 rings (SSSR count). The topological polar surface area (TPSA) is 119 Å². The van der Waals surface area contributed by atoms with Crippen LogP contribution >= 0.6 is 0 Å². The summed E-state index contributed by atoms with van der Waals surface area (Å²) in [4.78, 5) is 12.0. The van der Waals surface area contributed by atoms with Gasteiger partial charge in [0.2, 0.25) is 0 Å². The number of esters is 1. The SMILES string of the molecule is C[C@H](NCC(=O)OC(C)(C)C)[C@H](OCCOCCOCCOCCOS(C)(=O)=O)c1ccccc1. The first-order valence-electron chi connectivity index (χ1n) is 11.7. The number of carbonyl (C=O) groups is 1. The molecule has 1 aromatic rings. The fourth-order valence-corrected chi connectivity index (χ4v) is 3.29. The summed E-state index contributed by atoms with van der Waals surface area (Å²) in [5.74, 6) is -0.313. The first kappa shape index (κ1) is 31.4. The molecule has 10 nitrogen and oxygen atoms in total. The third-order valence-electron chi connectivity index (χ3n) is 4.36. The molecule has 0 aliphatic heterocycles. The van der Waals surface area contributed by atoms with Crippen LogP contribution in [0.4, 0.5) is 0 Å². The Kier molecular flexibility index (Phi) is 15.2. The number of nitrogens with one attached hydrogen (secondary N) is 1. The maximum absolute atomic E-state index is 12.0. The number of benzene rings is 1. The highest BCUT2D eigenvalue weighted by atomic mass is 32.2. The van der Waals surface area contributed by atoms with Crippen LogP contribution in [0.25, 0.3) is 0 Å². The maximum atomic E-state index is 12.0. The molecule has 0 unspecified atom stereocenters. The van der Waals surface area contributed by atoms with Crippen molar-refractivity contribution < 1.29 is 41.1 Å². The molecule has 2 atom stereocenters. The van der Waals surface area contributed by atoms with Crippen LogP contribution in [0.1, 0.15) is 39.4 Å². The molecular weight excluding hydrogens is 478 g/mol. The molecule has 0 amide bonds. The Labute approximate surface area is 209 Å². The summed E-state index contributed by atoms with van der Waals surface area (Å²) in [7, 11) is -3.44. The van der Waals surface area contributed by atoms with Crippen molar-refractivity contribution in [3.63, 3.8) is 0 Å². The van der Waals surface area contributed by atoms with E-state index in [2.05, 4.69) is 9.50 Å². The van der Waals surface area contributed by atoms with Gasteiger partial charge in [0.25, 0.3) is 10.1 Å². The first-order chi connectivity index (χ1) is 16.5. The molecule has 0 bridgehead atoms. The third-order valence-corrected chi connectivity index (χ3v) is 4.96. The fourth-order valence-electron chi connectivity index (χ4n) is 2.92. The summed E-state index contributed by atoms with van der Waals surface area (Å²) in [5.41, 5.74) is 0.474. The number of rotatable bonds is 19. The van der Waals surface area contributed by atoms with Crippen molar-refractivity contribution in [2.24, 2.45) is 0 Å². The van der Waals surface area contributed by atoms with Gasteiger partial charge in [-0.3, -0.25) is 8.98 Å². The van der Waals surface area contributed by atoms with Gasteiger partial charge in [-0.15, -0.1) is 0 Å². The fraction of sp³-hybridized carbons (Fsp3) is 0.708. The monoisotopic (exact) mass is 519 g/mol. The van der Waals surface area contributed by atoms with E-state index in [1.165, 1.54) is 0 Å². The molecule has 35 heavy (non-hydrogen) atoms. The van der Waals surface area contributed by atoms with Gasteiger partial charge in [0, 0.05) is 6.04 Å². The van der Waals surface area contributed by atoms with Crippen LogP contribution in [0.5, 0.6) is 0 Å². The van der Waals surface area contributed by atoms with Gasteiger partial charge in [0.05, 0.1) is 71.8 Å². The number of hydrogen-bond acceptors (Lipinski definition) is 10. The standard InChI is InChI=1S/C24H41NO9S/c1-20(25-19-22(26)34-24(2,3)4)23(21-9-7-6-8-10-21)32-17-15-30-13-11-29-12-14-31-16-18-33-35(5,27)28/h6-10,20,23,25H,11-19H2,1-5H3/t20-,23-/m0/s1. The minimum Gasteiger partial charge on any atom is -0.459 e. The molecule has 11 heteroatoms. The molecule has 1 aromatic carbocycles. The van der Waals surface area contributed by atoms with E-state index in [4.69, 9.17) is 23.7 Å². The molecule has 202 valence electrons. The van der Waals surface area contributed by atoms with Crippen molar-refractivity contribution in [1.29, 1.82) is 0 Å². The highest BCUT2D eigenvalue weighted by molar-refractivity contribution is 7.85. The van der Waals surface area contributed by atoms with Crippen LogP contribution in [0, 0.1) is 0 Å². The Bertz CT molecular complexity index is 797. The van der Waals surface area contributed by atoms with E-state index < -0.39 is 15.7 Å². The van der Waals surface area contributed by atoms with Gasteiger partial charge < -0.3 is 29.0 Å². The normalized spacial score (nSPS) is 14.0. The van der Waals surface area contributed by atoms with Crippen molar-refractivity contribution >= 4 is 16.1 Å². The Morgan fingerprint density at radius 3 is 1.91 bits per heavy atom. The van der Waals surface area contributed by atoms with E-state index in [0.29, 0.717) is 39.6 Å². The van der Waals surface area contributed by atoms with Crippen LogP contribution < -0.4 is 5.32 Å². The van der Waals surface area contributed by atoms with Crippen molar-refractivity contribution in [3.05, 3.63) is 35.9 Å². The van der Waals surface area contributed by atoms with Crippen molar-refractivity contribution in [3.8, 4) is 0 Å². The van der Waals surface area contributed by atoms with Gasteiger partial charge in [-0.1, -0.05) is 30.3 Å². The Morgan fingerprint density at radius 2 is 1.40 bits per heavy atom. The molecule has 0 aliphatic carbocycles. The minimum absolute atomic E-state index is 0.0128. The highest BCUT2D eigenvalue weighted by Gasteiger charge is 2.22. The van der Waals surface area contributed by atoms with E-state index in [1.807, 2.05) is 58.0 Å². The van der Waals surface area contributed by atoms with Gasteiger partial charge in [-0.25, -0.2) is 0 Å². The second-order valence-corrected chi connectivity index (χ2v) is 10.5. The lowest BCUT2D eigenvalue weighted by atomic mass is 10.0. The van der Waals surface area contributed by atoms with Crippen molar-refractivity contribution in [2.75, 3.05) is 65.7 Å². The molecular formula is C24H41NO9S.